The fourth-order valence-corrected chi connectivity index (χ4v) is 3.92. The highest BCUT2D eigenvalue weighted by Crippen LogP contribution is 2.31. The van der Waals surface area contributed by atoms with Crippen molar-refractivity contribution in [1.29, 1.82) is 0 Å². The molecule has 2 amide bonds. The van der Waals surface area contributed by atoms with Crippen molar-refractivity contribution >= 4 is 52.4 Å². The number of nitrogens with zero attached hydrogens (tertiary/aromatic N) is 2. The SMILES string of the molecule is COC(=O)c1ccc(N2CCN(C(C)=O)CC2)c(NC(=O)[C@@H](C)Oc2ccc(Cl)cc2Cl)c1. The molecule has 0 bridgehead atoms. The van der Waals surface area contributed by atoms with Gasteiger partial charge in [-0.1, -0.05) is 23.2 Å². The van der Waals surface area contributed by atoms with E-state index >= 15 is 0 Å². The topological polar surface area (TPSA) is 88.2 Å². The predicted octanol–water partition coefficient (Wildman–Crippen LogP) is 3.85. The summed E-state index contributed by atoms with van der Waals surface area (Å²) in [6, 6.07) is 9.70. The van der Waals surface area contributed by atoms with E-state index in [1.54, 1.807) is 49.1 Å². The van der Waals surface area contributed by atoms with Crippen molar-refractivity contribution in [1.82, 2.24) is 4.90 Å². The number of esters is 1. The van der Waals surface area contributed by atoms with Gasteiger partial charge in [0, 0.05) is 38.1 Å². The van der Waals surface area contributed by atoms with Gasteiger partial charge in [0.1, 0.15) is 5.75 Å². The molecule has 1 N–H and O–H groups in total. The molecule has 2 aromatic carbocycles. The third-order valence-corrected chi connectivity index (χ3v) is 5.84. The van der Waals surface area contributed by atoms with Gasteiger partial charge in [0.05, 0.1) is 29.1 Å². The van der Waals surface area contributed by atoms with Crippen LogP contribution in [-0.4, -0.2) is 62.1 Å². The smallest absolute Gasteiger partial charge is 0.337 e. The molecule has 0 aromatic heterocycles. The lowest BCUT2D eigenvalue weighted by molar-refractivity contribution is -0.129. The fourth-order valence-electron chi connectivity index (χ4n) is 3.47. The zero-order valence-electron chi connectivity index (χ0n) is 18.6. The number of halogens is 2. The van der Waals surface area contributed by atoms with Crippen LogP contribution in [-0.2, 0) is 14.3 Å². The molecule has 0 radical (unpaired) electrons. The van der Waals surface area contributed by atoms with Crippen LogP contribution >= 0.6 is 23.2 Å². The Morgan fingerprint density at radius 3 is 2.33 bits per heavy atom. The van der Waals surface area contributed by atoms with Crippen molar-refractivity contribution in [2.75, 3.05) is 43.5 Å². The standard InChI is InChI=1S/C23H25Cl2N3O5/c1-14(33-21-7-5-17(24)13-18(21)25)22(30)26-19-12-16(23(31)32-3)4-6-20(19)28-10-8-27(9-11-28)15(2)29/h4-7,12-14H,8-11H2,1-3H3,(H,26,30)/t14-/m1/s1. The number of anilines is 2. The Balaban J connectivity index is 1.81. The van der Waals surface area contributed by atoms with Crippen LogP contribution in [0.2, 0.25) is 10.0 Å². The highest BCUT2D eigenvalue weighted by atomic mass is 35.5. The Bertz CT molecular complexity index is 1050. The Morgan fingerprint density at radius 1 is 1.03 bits per heavy atom. The number of nitrogens with one attached hydrogen (secondary N) is 1. The number of ether oxygens (including phenoxy) is 2. The van der Waals surface area contributed by atoms with E-state index in [-0.39, 0.29) is 5.91 Å². The Labute approximate surface area is 202 Å². The van der Waals surface area contributed by atoms with Gasteiger partial charge in [0.25, 0.3) is 5.91 Å². The molecule has 1 saturated heterocycles. The van der Waals surface area contributed by atoms with E-state index in [1.807, 2.05) is 0 Å². The quantitative estimate of drug-likeness (QED) is 0.614. The minimum Gasteiger partial charge on any atom is -0.479 e. The molecule has 1 aliphatic rings. The van der Waals surface area contributed by atoms with Gasteiger partial charge < -0.3 is 24.6 Å². The maximum absolute atomic E-state index is 12.9. The lowest BCUT2D eigenvalue weighted by Gasteiger charge is -2.36. The molecule has 0 saturated carbocycles. The summed E-state index contributed by atoms with van der Waals surface area (Å²) in [6.07, 6.45) is -0.882. The summed E-state index contributed by atoms with van der Waals surface area (Å²) in [5.41, 5.74) is 1.47. The third kappa shape index (κ3) is 6.09. The second kappa shape index (κ2) is 10.8. The number of carbonyl (C=O) groups is 3. The highest BCUT2D eigenvalue weighted by molar-refractivity contribution is 6.35. The van der Waals surface area contributed by atoms with Crippen LogP contribution in [0.25, 0.3) is 0 Å². The summed E-state index contributed by atoms with van der Waals surface area (Å²) in [4.78, 5) is 40.4. The average molecular weight is 494 g/mol. The van der Waals surface area contributed by atoms with Gasteiger partial charge in [-0.25, -0.2) is 4.79 Å². The molecular weight excluding hydrogens is 469 g/mol. The minimum absolute atomic E-state index is 0.0241. The number of hydrogen-bond acceptors (Lipinski definition) is 6. The lowest BCUT2D eigenvalue weighted by atomic mass is 10.1. The second-order valence-corrected chi connectivity index (χ2v) is 8.38. The molecule has 1 aliphatic heterocycles. The third-order valence-electron chi connectivity index (χ3n) is 5.31. The van der Waals surface area contributed by atoms with Crippen LogP contribution in [0, 0.1) is 0 Å². The molecule has 10 heteroatoms. The van der Waals surface area contributed by atoms with E-state index in [9.17, 15) is 14.4 Å². The van der Waals surface area contributed by atoms with Crippen molar-refractivity contribution < 1.29 is 23.9 Å². The number of benzene rings is 2. The van der Waals surface area contributed by atoms with Gasteiger partial charge in [0.15, 0.2) is 6.10 Å². The first-order valence-electron chi connectivity index (χ1n) is 10.3. The van der Waals surface area contributed by atoms with E-state index in [0.717, 1.165) is 5.69 Å². The number of rotatable bonds is 6. The van der Waals surface area contributed by atoms with Crippen molar-refractivity contribution in [3.8, 4) is 5.75 Å². The Morgan fingerprint density at radius 2 is 1.73 bits per heavy atom. The largest absolute Gasteiger partial charge is 0.479 e. The van der Waals surface area contributed by atoms with Gasteiger partial charge in [-0.2, -0.15) is 0 Å². The second-order valence-electron chi connectivity index (χ2n) is 7.54. The summed E-state index contributed by atoms with van der Waals surface area (Å²) < 4.78 is 10.5. The first-order chi connectivity index (χ1) is 15.7. The molecule has 0 unspecified atom stereocenters. The molecule has 3 rings (SSSR count). The van der Waals surface area contributed by atoms with E-state index in [2.05, 4.69) is 10.2 Å². The molecule has 0 aliphatic carbocycles. The van der Waals surface area contributed by atoms with Crippen LogP contribution in [0.4, 0.5) is 11.4 Å². The van der Waals surface area contributed by atoms with Crippen LogP contribution in [0.5, 0.6) is 5.75 Å². The van der Waals surface area contributed by atoms with Crippen LogP contribution in [0.1, 0.15) is 24.2 Å². The normalized spacial score (nSPS) is 14.5. The molecule has 176 valence electrons. The minimum atomic E-state index is -0.882. The zero-order valence-corrected chi connectivity index (χ0v) is 20.1. The van der Waals surface area contributed by atoms with E-state index in [0.29, 0.717) is 53.2 Å². The van der Waals surface area contributed by atoms with Crippen molar-refractivity contribution in [3.63, 3.8) is 0 Å². The Hall–Kier alpha value is -2.97. The van der Waals surface area contributed by atoms with Gasteiger partial charge in [-0.05, 0) is 43.3 Å². The number of hydrogen-bond donors (Lipinski definition) is 1. The molecule has 0 spiro atoms. The first-order valence-corrected chi connectivity index (χ1v) is 11.1. The summed E-state index contributed by atoms with van der Waals surface area (Å²) in [5, 5.41) is 3.60. The van der Waals surface area contributed by atoms with Crippen molar-refractivity contribution in [3.05, 3.63) is 52.0 Å². The fraction of sp³-hybridized carbons (Fsp3) is 0.348. The number of methoxy groups -OCH3 is 1. The van der Waals surface area contributed by atoms with Gasteiger partial charge in [-0.15, -0.1) is 0 Å². The monoisotopic (exact) mass is 493 g/mol. The molecular formula is C23H25Cl2N3O5. The van der Waals surface area contributed by atoms with Gasteiger partial charge in [0.2, 0.25) is 5.91 Å². The van der Waals surface area contributed by atoms with Crippen molar-refractivity contribution in [2.45, 2.75) is 20.0 Å². The molecule has 2 aromatic rings. The number of carbonyl (C=O) groups excluding carboxylic acids is 3. The molecule has 1 heterocycles. The lowest BCUT2D eigenvalue weighted by Crippen LogP contribution is -2.48. The van der Waals surface area contributed by atoms with E-state index in [4.69, 9.17) is 32.7 Å². The number of amides is 2. The molecule has 1 atom stereocenters. The average Bonchev–Trinajstić information content (AvgIpc) is 2.80. The Kier molecular flexibility index (Phi) is 8.05. The summed E-state index contributed by atoms with van der Waals surface area (Å²) in [5.74, 6) is -0.592. The predicted molar refractivity (Wildman–Crippen MR) is 127 cm³/mol. The maximum Gasteiger partial charge on any atom is 0.337 e. The van der Waals surface area contributed by atoms with Crippen LogP contribution < -0.4 is 15.0 Å². The maximum atomic E-state index is 12.9. The highest BCUT2D eigenvalue weighted by Gasteiger charge is 2.24. The van der Waals surface area contributed by atoms with Crippen molar-refractivity contribution in [2.24, 2.45) is 0 Å². The molecule has 1 fully saturated rings. The molecule has 33 heavy (non-hydrogen) atoms. The summed E-state index contributed by atoms with van der Waals surface area (Å²) in [6.45, 7) is 5.45. The molecule has 8 nitrogen and oxygen atoms in total. The van der Waals surface area contributed by atoms with E-state index < -0.39 is 18.0 Å². The zero-order chi connectivity index (χ0) is 24.1. The van der Waals surface area contributed by atoms with Crippen LogP contribution in [0.3, 0.4) is 0 Å². The van der Waals surface area contributed by atoms with Gasteiger partial charge >= 0.3 is 5.97 Å². The summed E-state index contributed by atoms with van der Waals surface area (Å²) >= 11 is 12.1. The van der Waals surface area contributed by atoms with E-state index in [1.165, 1.54) is 13.2 Å². The summed E-state index contributed by atoms with van der Waals surface area (Å²) in [7, 11) is 1.29. The van der Waals surface area contributed by atoms with Crippen LogP contribution in [0.15, 0.2) is 36.4 Å². The first kappa shape index (κ1) is 24.7. The number of piperazine rings is 1. The van der Waals surface area contributed by atoms with Gasteiger partial charge in [-0.3, -0.25) is 9.59 Å².